The van der Waals surface area contributed by atoms with Gasteiger partial charge >= 0.3 is 0 Å². The summed E-state index contributed by atoms with van der Waals surface area (Å²) in [6, 6.07) is 9.67. The molecule has 3 heterocycles. The van der Waals surface area contributed by atoms with Crippen LogP contribution in [0.4, 0.5) is 24.5 Å². The fourth-order valence-corrected chi connectivity index (χ4v) is 4.76. The van der Waals surface area contributed by atoms with E-state index in [1.54, 1.807) is 24.3 Å². The summed E-state index contributed by atoms with van der Waals surface area (Å²) in [6.07, 6.45) is 1.17. The molecule has 1 aromatic heterocycles. The van der Waals surface area contributed by atoms with Crippen LogP contribution in [-0.4, -0.2) is 49.3 Å². The molecule has 6 nitrogen and oxygen atoms in total. The Balaban J connectivity index is 1.37. The summed E-state index contributed by atoms with van der Waals surface area (Å²) in [7, 11) is 0. The molecule has 3 atom stereocenters. The van der Waals surface area contributed by atoms with Crippen molar-refractivity contribution < 1.29 is 17.9 Å². The molecule has 3 aromatic rings. The average molecular weight is 498 g/mol. The van der Waals surface area contributed by atoms with Crippen LogP contribution in [0.3, 0.4) is 0 Å². The van der Waals surface area contributed by atoms with Crippen LogP contribution in [0.15, 0.2) is 53.7 Å². The van der Waals surface area contributed by atoms with Crippen LogP contribution < -0.4 is 20.3 Å². The maximum absolute atomic E-state index is 15.9. The van der Waals surface area contributed by atoms with Crippen LogP contribution in [-0.2, 0) is 0 Å². The molecule has 2 aliphatic rings. The summed E-state index contributed by atoms with van der Waals surface area (Å²) < 4.78 is 51.9. The van der Waals surface area contributed by atoms with E-state index in [2.05, 4.69) is 20.6 Å². The van der Waals surface area contributed by atoms with Gasteiger partial charge in [-0.25, -0.2) is 18.2 Å². The number of H-pyrrole nitrogens is 1. The van der Waals surface area contributed by atoms with Crippen molar-refractivity contribution in [3.05, 3.63) is 66.0 Å². The van der Waals surface area contributed by atoms with E-state index in [1.165, 1.54) is 18.3 Å². The normalized spacial score (nSPS) is 22.8. The minimum Gasteiger partial charge on any atom is -0.483 e. The third kappa shape index (κ3) is 4.93. The van der Waals surface area contributed by atoms with Crippen molar-refractivity contribution in [2.45, 2.75) is 32.5 Å². The molecule has 5 rings (SSSR count). The molecule has 190 valence electrons. The Morgan fingerprint density at radius 1 is 1.11 bits per heavy atom. The number of aromatic amines is 1. The van der Waals surface area contributed by atoms with E-state index in [4.69, 9.17) is 4.74 Å². The van der Waals surface area contributed by atoms with Gasteiger partial charge in [0.2, 0.25) is 0 Å². The number of fused-ring (bicyclic) bond motifs is 1. The van der Waals surface area contributed by atoms with Crippen LogP contribution in [0.1, 0.15) is 19.0 Å². The van der Waals surface area contributed by atoms with Crippen LogP contribution in [0.5, 0.6) is 5.75 Å². The molecule has 36 heavy (non-hydrogen) atoms. The summed E-state index contributed by atoms with van der Waals surface area (Å²) in [5.41, 5.74) is 2.36. The van der Waals surface area contributed by atoms with E-state index in [9.17, 15) is 4.39 Å². The summed E-state index contributed by atoms with van der Waals surface area (Å²) in [5, 5.41) is 6.57. The first kappa shape index (κ1) is 24.2. The summed E-state index contributed by atoms with van der Waals surface area (Å²) in [5.74, 6) is -1.23. The highest BCUT2D eigenvalue weighted by Gasteiger charge is 2.34. The maximum atomic E-state index is 15.9. The standard InChI is InChI=1S/C27H30F3N5O/c1-16-4-3-9-32-27(34-18-5-7-22(20(28)15-18)35-12-10-31-11-13-35)25(30)26(16)36-23-8-6-21-19(24(23)29)14-17(2)33-21/h3,5-9,14-16,25-26,31,33H,4,10-13H2,1-2H3,(H,32,34). The van der Waals surface area contributed by atoms with E-state index < -0.39 is 23.9 Å². The van der Waals surface area contributed by atoms with E-state index >= 15 is 8.78 Å². The first-order valence-corrected chi connectivity index (χ1v) is 12.2. The molecule has 0 amide bonds. The highest BCUT2D eigenvalue weighted by molar-refractivity contribution is 5.99. The molecular weight excluding hydrogens is 467 g/mol. The molecule has 2 aliphatic heterocycles. The molecule has 2 aromatic carbocycles. The largest absolute Gasteiger partial charge is 0.483 e. The number of allylic oxidation sites excluding steroid dienone is 1. The van der Waals surface area contributed by atoms with Crippen molar-refractivity contribution in [1.82, 2.24) is 10.3 Å². The van der Waals surface area contributed by atoms with Gasteiger partial charge < -0.3 is 25.3 Å². The number of hydrogen-bond acceptors (Lipinski definition) is 5. The fraction of sp³-hybridized carbons (Fsp3) is 0.370. The molecule has 0 aliphatic carbocycles. The fourth-order valence-electron chi connectivity index (χ4n) is 4.76. The molecule has 0 saturated carbocycles. The third-order valence-electron chi connectivity index (χ3n) is 6.72. The van der Waals surface area contributed by atoms with E-state index in [-0.39, 0.29) is 17.5 Å². The zero-order chi connectivity index (χ0) is 25.2. The zero-order valence-corrected chi connectivity index (χ0v) is 20.3. The maximum Gasteiger partial charge on any atom is 0.194 e. The van der Waals surface area contributed by atoms with Gasteiger partial charge in [0.05, 0.1) is 5.69 Å². The number of aryl methyl sites for hydroxylation is 1. The first-order valence-electron chi connectivity index (χ1n) is 12.2. The predicted octanol–water partition coefficient (Wildman–Crippen LogP) is 5.31. The molecule has 0 radical (unpaired) electrons. The number of hydrogen-bond donors (Lipinski definition) is 3. The smallest absolute Gasteiger partial charge is 0.194 e. The molecule has 1 saturated heterocycles. The van der Waals surface area contributed by atoms with Gasteiger partial charge in [0.15, 0.2) is 17.7 Å². The Hall–Kier alpha value is -3.46. The summed E-state index contributed by atoms with van der Waals surface area (Å²) >= 11 is 0. The lowest BCUT2D eigenvalue weighted by Crippen LogP contribution is -2.44. The second-order valence-electron chi connectivity index (χ2n) is 9.42. The molecule has 3 unspecified atom stereocenters. The van der Waals surface area contributed by atoms with E-state index in [0.29, 0.717) is 28.7 Å². The Bertz CT molecular complexity index is 1300. The van der Waals surface area contributed by atoms with Crippen molar-refractivity contribution in [3.63, 3.8) is 0 Å². The molecular formula is C27H30F3N5O. The number of aliphatic imine (C=N–C) groups is 1. The van der Waals surface area contributed by atoms with Crippen LogP contribution in [0, 0.1) is 24.5 Å². The van der Waals surface area contributed by atoms with Crippen LogP contribution in [0.2, 0.25) is 0 Å². The number of amidine groups is 1. The van der Waals surface area contributed by atoms with E-state index in [1.807, 2.05) is 24.8 Å². The van der Waals surface area contributed by atoms with Gasteiger partial charge in [-0.15, -0.1) is 0 Å². The number of nitrogens with zero attached hydrogens (tertiary/aromatic N) is 2. The number of piperazine rings is 1. The summed E-state index contributed by atoms with van der Waals surface area (Å²) in [6.45, 7) is 6.72. The van der Waals surface area contributed by atoms with Crippen LogP contribution >= 0.6 is 0 Å². The molecule has 1 fully saturated rings. The quantitative estimate of drug-likeness (QED) is 0.457. The highest BCUT2D eigenvalue weighted by Crippen LogP contribution is 2.31. The highest BCUT2D eigenvalue weighted by atomic mass is 19.1. The van der Waals surface area contributed by atoms with Gasteiger partial charge in [0, 0.05) is 54.7 Å². The number of anilines is 2. The minimum absolute atomic E-state index is 0.0173. The number of aromatic nitrogens is 1. The Morgan fingerprint density at radius 2 is 1.92 bits per heavy atom. The third-order valence-corrected chi connectivity index (χ3v) is 6.72. The summed E-state index contributed by atoms with van der Waals surface area (Å²) in [4.78, 5) is 9.30. The molecule has 9 heteroatoms. The first-order chi connectivity index (χ1) is 17.4. The molecule has 0 bridgehead atoms. The number of benzene rings is 2. The SMILES string of the molecule is Cc1cc2c(F)c(OC3C(C)CC=CN=C(Nc4ccc(N5CCNCC5)c(F)c4)C3F)ccc2[nH]1. The van der Waals surface area contributed by atoms with Gasteiger partial charge in [-0.3, -0.25) is 0 Å². The number of halogens is 3. The Labute approximate surface area is 208 Å². The van der Waals surface area contributed by atoms with Crippen molar-refractivity contribution >= 4 is 28.1 Å². The van der Waals surface area contributed by atoms with E-state index in [0.717, 1.165) is 31.9 Å². The van der Waals surface area contributed by atoms with Gasteiger partial charge in [-0.2, -0.15) is 0 Å². The minimum atomic E-state index is -1.69. The zero-order valence-electron chi connectivity index (χ0n) is 20.3. The van der Waals surface area contributed by atoms with Gasteiger partial charge in [0.25, 0.3) is 0 Å². The predicted molar refractivity (Wildman–Crippen MR) is 138 cm³/mol. The number of ether oxygens (including phenoxy) is 1. The van der Waals surface area contributed by atoms with Crippen molar-refractivity contribution in [2.75, 3.05) is 36.4 Å². The average Bonchev–Trinajstić information content (AvgIpc) is 3.26. The Kier molecular flexibility index (Phi) is 6.91. The van der Waals surface area contributed by atoms with Crippen molar-refractivity contribution in [1.29, 1.82) is 0 Å². The van der Waals surface area contributed by atoms with Gasteiger partial charge in [0.1, 0.15) is 17.8 Å². The number of nitrogens with one attached hydrogen (secondary N) is 3. The second-order valence-corrected chi connectivity index (χ2v) is 9.42. The lowest BCUT2D eigenvalue weighted by molar-refractivity contribution is 0.0839. The second kappa shape index (κ2) is 10.3. The molecule has 3 N–H and O–H groups in total. The van der Waals surface area contributed by atoms with Crippen molar-refractivity contribution in [3.8, 4) is 5.75 Å². The monoisotopic (exact) mass is 497 g/mol. The van der Waals surface area contributed by atoms with Crippen LogP contribution in [0.25, 0.3) is 10.9 Å². The lowest BCUT2D eigenvalue weighted by Gasteiger charge is -2.30. The Morgan fingerprint density at radius 3 is 2.69 bits per heavy atom. The number of alkyl halides is 1. The van der Waals surface area contributed by atoms with Gasteiger partial charge in [-0.1, -0.05) is 13.0 Å². The lowest BCUT2D eigenvalue weighted by atomic mass is 9.95. The van der Waals surface area contributed by atoms with Gasteiger partial charge in [-0.05, 0) is 55.7 Å². The number of rotatable bonds is 4. The topological polar surface area (TPSA) is 64.7 Å². The molecule has 0 spiro atoms. The van der Waals surface area contributed by atoms with Crippen molar-refractivity contribution in [2.24, 2.45) is 10.9 Å².